The molecular formula is C19H28N4O3. The molecule has 142 valence electrons. The van der Waals surface area contributed by atoms with Crippen LogP contribution in [-0.2, 0) is 14.4 Å². The number of rotatable bonds is 7. The summed E-state index contributed by atoms with van der Waals surface area (Å²) in [5.41, 5.74) is 1.35. The second-order valence-corrected chi connectivity index (χ2v) is 6.85. The molecule has 26 heavy (non-hydrogen) atoms. The molecule has 0 saturated carbocycles. The van der Waals surface area contributed by atoms with Gasteiger partial charge in [0.1, 0.15) is 0 Å². The highest BCUT2D eigenvalue weighted by atomic mass is 16.2. The van der Waals surface area contributed by atoms with Crippen molar-refractivity contribution >= 4 is 29.1 Å². The number of likely N-dealkylation sites (tertiary alicyclic amines) is 1. The number of hydrogen-bond acceptors (Lipinski definition) is 4. The Hall–Kier alpha value is -2.41. The summed E-state index contributed by atoms with van der Waals surface area (Å²) < 4.78 is 0. The lowest BCUT2D eigenvalue weighted by Gasteiger charge is -2.20. The normalized spacial score (nSPS) is 14.9. The molecule has 1 aliphatic rings. The van der Waals surface area contributed by atoms with Crippen LogP contribution in [0.1, 0.15) is 32.1 Å². The molecule has 0 bridgehead atoms. The molecule has 0 aromatic heterocycles. The van der Waals surface area contributed by atoms with Crippen molar-refractivity contribution in [1.82, 2.24) is 9.80 Å². The number of nitrogens with one attached hydrogen (secondary N) is 2. The Labute approximate surface area is 154 Å². The Balaban J connectivity index is 1.78. The van der Waals surface area contributed by atoms with E-state index < -0.39 is 0 Å². The molecule has 0 unspecified atom stereocenters. The number of nitrogens with zero attached hydrogens (tertiary/aromatic N) is 2. The van der Waals surface area contributed by atoms with Gasteiger partial charge in [-0.2, -0.15) is 0 Å². The fraction of sp³-hybridized carbons (Fsp3) is 0.526. The van der Waals surface area contributed by atoms with Crippen molar-refractivity contribution in [2.24, 2.45) is 0 Å². The number of hydrogen-bond donors (Lipinski definition) is 2. The Kier molecular flexibility index (Phi) is 7.59. The van der Waals surface area contributed by atoms with Gasteiger partial charge in [0.25, 0.3) is 0 Å². The first-order valence-corrected chi connectivity index (χ1v) is 9.06. The fourth-order valence-electron chi connectivity index (χ4n) is 2.86. The van der Waals surface area contributed by atoms with Gasteiger partial charge in [-0.05, 0) is 51.2 Å². The quantitative estimate of drug-likeness (QED) is 0.778. The average Bonchev–Trinajstić information content (AvgIpc) is 2.78. The molecular weight excluding hydrogens is 332 g/mol. The van der Waals surface area contributed by atoms with Gasteiger partial charge in [-0.3, -0.25) is 14.4 Å². The molecule has 0 spiro atoms. The van der Waals surface area contributed by atoms with Gasteiger partial charge in [-0.15, -0.1) is 0 Å². The molecule has 7 heteroatoms. The molecule has 1 aromatic carbocycles. The van der Waals surface area contributed by atoms with Crippen molar-refractivity contribution in [1.29, 1.82) is 0 Å². The molecule has 0 aliphatic carbocycles. The first-order chi connectivity index (χ1) is 12.4. The molecule has 2 rings (SSSR count). The van der Waals surface area contributed by atoms with Crippen molar-refractivity contribution in [3.8, 4) is 0 Å². The lowest BCUT2D eigenvalue weighted by atomic mass is 10.2. The van der Waals surface area contributed by atoms with Crippen molar-refractivity contribution in [3.05, 3.63) is 24.3 Å². The van der Waals surface area contributed by atoms with Crippen molar-refractivity contribution in [2.45, 2.75) is 32.1 Å². The maximum absolute atomic E-state index is 12.1. The van der Waals surface area contributed by atoms with Crippen LogP contribution in [-0.4, -0.2) is 61.3 Å². The van der Waals surface area contributed by atoms with Crippen molar-refractivity contribution in [2.75, 3.05) is 44.4 Å². The second kappa shape index (κ2) is 9.91. The summed E-state index contributed by atoms with van der Waals surface area (Å²) in [6.45, 7) is 1.52. The van der Waals surface area contributed by atoms with Gasteiger partial charge in [0.05, 0.1) is 6.54 Å². The van der Waals surface area contributed by atoms with E-state index in [-0.39, 0.29) is 24.1 Å². The van der Waals surface area contributed by atoms with Crippen LogP contribution in [0.5, 0.6) is 0 Å². The fourth-order valence-corrected chi connectivity index (χ4v) is 2.86. The van der Waals surface area contributed by atoms with Crippen LogP contribution in [0, 0.1) is 0 Å². The number of benzene rings is 1. The predicted molar refractivity (Wildman–Crippen MR) is 102 cm³/mol. The molecule has 1 saturated heterocycles. The Morgan fingerprint density at radius 2 is 1.62 bits per heavy atom. The summed E-state index contributed by atoms with van der Waals surface area (Å²) in [6, 6.07) is 7.00. The summed E-state index contributed by atoms with van der Waals surface area (Å²) >= 11 is 0. The largest absolute Gasteiger partial charge is 0.342 e. The third kappa shape index (κ3) is 6.84. The van der Waals surface area contributed by atoms with Gasteiger partial charge in [0.15, 0.2) is 0 Å². The van der Waals surface area contributed by atoms with Gasteiger partial charge in [0.2, 0.25) is 17.7 Å². The van der Waals surface area contributed by atoms with Gasteiger partial charge >= 0.3 is 0 Å². The van der Waals surface area contributed by atoms with Crippen molar-refractivity contribution < 1.29 is 14.4 Å². The number of anilines is 2. The summed E-state index contributed by atoms with van der Waals surface area (Å²) in [6.07, 6.45) is 3.90. The Morgan fingerprint density at radius 3 is 2.23 bits per heavy atom. The topological polar surface area (TPSA) is 81.8 Å². The van der Waals surface area contributed by atoms with Crippen LogP contribution in [0.2, 0.25) is 0 Å². The van der Waals surface area contributed by atoms with E-state index in [1.165, 1.54) is 0 Å². The molecule has 1 fully saturated rings. The van der Waals surface area contributed by atoms with E-state index in [0.717, 1.165) is 25.8 Å². The Bertz CT molecular complexity index is 628. The summed E-state index contributed by atoms with van der Waals surface area (Å²) in [4.78, 5) is 39.3. The van der Waals surface area contributed by atoms with Crippen LogP contribution in [0.3, 0.4) is 0 Å². The van der Waals surface area contributed by atoms with E-state index in [1.54, 1.807) is 34.1 Å². The molecule has 0 atom stereocenters. The summed E-state index contributed by atoms with van der Waals surface area (Å²) in [7, 11) is 3.66. The number of amides is 3. The van der Waals surface area contributed by atoms with Gasteiger partial charge < -0.3 is 20.4 Å². The molecule has 2 N–H and O–H groups in total. The monoisotopic (exact) mass is 360 g/mol. The molecule has 7 nitrogen and oxygen atoms in total. The maximum Gasteiger partial charge on any atom is 0.238 e. The van der Waals surface area contributed by atoms with E-state index in [4.69, 9.17) is 0 Å². The lowest BCUT2D eigenvalue weighted by molar-refractivity contribution is -0.131. The second-order valence-electron chi connectivity index (χ2n) is 6.85. The van der Waals surface area contributed by atoms with E-state index in [0.29, 0.717) is 30.9 Å². The maximum atomic E-state index is 12.1. The van der Waals surface area contributed by atoms with Gasteiger partial charge in [0, 0.05) is 37.3 Å². The molecule has 1 aromatic rings. The first kappa shape index (κ1) is 19.9. The minimum absolute atomic E-state index is 0.0890. The zero-order valence-corrected chi connectivity index (χ0v) is 15.6. The van der Waals surface area contributed by atoms with Gasteiger partial charge in [-0.25, -0.2) is 0 Å². The van der Waals surface area contributed by atoms with Crippen LogP contribution in [0.25, 0.3) is 0 Å². The third-order valence-electron chi connectivity index (χ3n) is 4.19. The molecule has 1 aliphatic heterocycles. The molecule has 0 radical (unpaired) electrons. The smallest absolute Gasteiger partial charge is 0.238 e. The summed E-state index contributed by atoms with van der Waals surface area (Å²) in [5, 5.41) is 5.62. The number of likely N-dealkylation sites (N-methyl/N-ethyl adjacent to an activating group) is 1. The minimum Gasteiger partial charge on any atom is -0.342 e. The number of carbonyl (C=O) groups excluding carboxylic acids is 3. The van der Waals surface area contributed by atoms with E-state index >= 15 is 0 Å². The van der Waals surface area contributed by atoms with E-state index in [9.17, 15) is 14.4 Å². The van der Waals surface area contributed by atoms with E-state index in [1.807, 2.05) is 14.1 Å². The lowest BCUT2D eigenvalue weighted by Crippen LogP contribution is -2.33. The zero-order chi connectivity index (χ0) is 18.9. The van der Waals surface area contributed by atoms with E-state index in [2.05, 4.69) is 10.6 Å². The molecule has 1 heterocycles. The van der Waals surface area contributed by atoms with Crippen molar-refractivity contribution in [3.63, 3.8) is 0 Å². The SMILES string of the molecule is CN(C)CC(=O)Nc1ccc(NC(=O)CCN2CCCCCC2=O)cc1. The minimum atomic E-state index is -0.119. The highest BCUT2D eigenvalue weighted by molar-refractivity contribution is 5.93. The van der Waals surface area contributed by atoms with Crippen LogP contribution in [0.4, 0.5) is 11.4 Å². The summed E-state index contributed by atoms with van der Waals surface area (Å²) in [5.74, 6) is -0.0616. The van der Waals surface area contributed by atoms with Crippen LogP contribution >= 0.6 is 0 Å². The third-order valence-corrected chi connectivity index (χ3v) is 4.19. The standard InChI is InChI=1S/C19H28N4O3/c1-22(2)14-18(25)21-16-9-7-15(8-10-16)20-17(24)11-13-23-12-5-3-4-6-19(23)26/h7-10H,3-6,11-14H2,1-2H3,(H,20,24)(H,21,25). The first-order valence-electron chi connectivity index (χ1n) is 9.06. The van der Waals surface area contributed by atoms with Crippen LogP contribution in [0.15, 0.2) is 24.3 Å². The highest BCUT2D eigenvalue weighted by Gasteiger charge is 2.17. The average molecular weight is 360 g/mol. The van der Waals surface area contributed by atoms with Gasteiger partial charge in [-0.1, -0.05) is 6.42 Å². The number of carbonyl (C=O) groups is 3. The zero-order valence-electron chi connectivity index (χ0n) is 15.6. The Morgan fingerprint density at radius 1 is 1.00 bits per heavy atom. The predicted octanol–water partition coefficient (Wildman–Crippen LogP) is 1.92. The van der Waals surface area contributed by atoms with Crippen LogP contribution < -0.4 is 10.6 Å². The molecule has 3 amide bonds. The highest BCUT2D eigenvalue weighted by Crippen LogP contribution is 2.15.